The van der Waals surface area contributed by atoms with Crippen molar-refractivity contribution in [3.63, 3.8) is 0 Å². The van der Waals surface area contributed by atoms with E-state index in [1.165, 1.54) is 0 Å². The van der Waals surface area contributed by atoms with Crippen LogP contribution in [-0.2, 0) is 16.4 Å². The molecular formula is C19H15IN6O5S2. The number of fused-ring (bicyclic) bond motifs is 1. The fraction of sp³-hybridized carbons (Fsp3) is 0.158. The van der Waals surface area contributed by atoms with Gasteiger partial charge in [0.15, 0.2) is 15.0 Å². The highest BCUT2D eigenvalue weighted by atomic mass is 127. The average molecular weight is 598 g/mol. The molecule has 0 aliphatic rings. The van der Waals surface area contributed by atoms with Gasteiger partial charge in [-0.2, -0.15) is 4.98 Å². The largest absolute Gasteiger partial charge is 0.345 e. The summed E-state index contributed by atoms with van der Waals surface area (Å²) in [6.45, 7) is 0.244. The van der Waals surface area contributed by atoms with Crippen LogP contribution in [0.4, 0.5) is 10.8 Å². The third-order valence-electron chi connectivity index (χ3n) is 4.63. The maximum absolute atomic E-state index is 12.7. The number of nitro groups is 1. The summed E-state index contributed by atoms with van der Waals surface area (Å²) >= 11 is 3.13. The van der Waals surface area contributed by atoms with Gasteiger partial charge < -0.3 is 4.90 Å². The van der Waals surface area contributed by atoms with Gasteiger partial charge in [0.25, 0.3) is 11.2 Å². The normalized spacial score (nSPS) is 11.6. The Kier molecular flexibility index (Phi) is 6.15. The van der Waals surface area contributed by atoms with Crippen LogP contribution >= 0.6 is 33.9 Å². The third-order valence-corrected chi connectivity index (χ3v) is 7.61. The van der Waals surface area contributed by atoms with Crippen LogP contribution in [0.2, 0.25) is 0 Å². The standard InChI is InChI=1S/C19H15IN6O5S2/c1-24(9-12-10-25(23-22-12)13-5-3-4-11(20)6-13)19-21-18(27)15-7-14(33(2,30)31)8-16(26(28)29)17(15)32-19/h3-8,10H,9H2,1-2H3. The van der Waals surface area contributed by atoms with Crippen LogP contribution in [0.1, 0.15) is 5.69 Å². The molecule has 4 aromatic rings. The maximum Gasteiger partial charge on any atom is 0.288 e. The van der Waals surface area contributed by atoms with Crippen molar-refractivity contribution in [3.05, 3.63) is 72.3 Å². The SMILES string of the molecule is CN(Cc1cn(-c2cccc(I)c2)nn1)c1nc(=O)c2cc(S(C)(=O)=O)cc([N+](=O)[O-])c2s1. The molecule has 0 aliphatic carbocycles. The van der Waals surface area contributed by atoms with E-state index in [-0.39, 0.29) is 26.7 Å². The predicted octanol–water partition coefficient (Wildman–Crippen LogP) is 2.79. The monoisotopic (exact) mass is 598 g/mol. The molecular weight excluding hydrogens is 583 g/mol. The first-order valence-electron chi connectivity index (χ1n) is 9.24. The lowest BCUT2D eigenvalue weighted by Gasteiger charge is -2.15. The molecule has 11 nitrogen and oxygen atoms in total. The number of hydrogen-bond donors (Lipinski definition) is 0. The van der Waals surface area contributed by atoms with E-state index in [2.05, 4.69) is 37.9 Å². The summed E-state index contributed by atoms with van der Waals surface area (Å²) in [5.41, 5.74) is 0.229. The third kappa shape index (κ3) is 4.86. The number of rotatable bonds is 6. The van der Waals surface area contributed by atoms with Crippen molar-refractivity contribution >= 4 is 64.7 Å². The number of benzene rings is 2. The van der Waals surface area contributed by atoms with Crippen LogP contribution in [0.25, 0.3) is 15.8 Å². The number of non-ortho nitro benzene ring substituents is 1. The van der Waals surface area contributed by atoms with Gasteiger partial charge in [-0.15, -0.1) is 5.10 Å². The fourth-order valence-electron chi connectivity index (χ4n) is 3.05. The predicted molar refractivity (Wildman–Crippen MR) is 132 cm³/mol. The lowest BCUT2D eigenvalue weighted by Crippen LogP contribution is -2.20. The number of halogens is 1. The van der Waals surface area contributed by atoms with E-state index in [1.54, 1.807) is 22.8 Å². The van der Waals surface area contributed by atoms with Crippen molar-refractivity contribution in [2.45, 2.75) is 11.4 Å². The first kappa shape index (κ1) is 23.2. The zero-order chi connectivity index (χ0) is 23.9. The van der Waals surface area contributed by atoms with Gasteiger partial charge in [0.1, 0.15) is 10.4 Å². The molecule has 33 heavy (non-hydrogen) atoms. The molecule has 0 aliphatic heterocycles. The van der Waals surface area contributed by atoms with Crippen LogP contribution in [0.5, 0.6) is 0 Å². The first-order chi connectivity index (χ1) is 15.5. The Morgan fingerprint density at radius 2 is 2.03 bits per heavy atom. The topological polar surface area (TPSA) is 141 Å². The van der Waals surface area contributed by atoms with Crippen molar-refractivity contribution < 1.29 is 13.3 Å². The zero-order valence-corrected chi connectivity index (χ0v) is 21.0. The van der Waals surface area contributed by atoms with E-state index in [4.69, 9.17) is 0 Å². The lowest BCUT2D eigenvalue weighted by molar-refractivity contribution is -0.383. The van der Waals surface area contributed by atoms with Crippen LogP contribution < -0.4 is 10.5 Å². The number of hydrogen-bond acceptors (Lipinski definition) is 10. The highest BCUT2D eigenvalue weighted by molar-refractivity contribution is 14.1. The second kappa shape index (κ2) is 8.75. The molecule has 4 rings (SSSR count). The lowest BCUT2D eigenvalue weighted by atomic mass is 10.2. The molecule has 2 heterocycles. The molecule has 0 atom stereocenters. The van der Waals surface area contributed by atoms with Crippen molar-refractivity contribution in [2.24, 2.45) is 0 Å². The molecule has 0 unspecified atom stereocenters. The molecule has 170 valence electrons. The minimum atomic E-state index is -3.75. The Morgan fingerprint density at radius 1 is 1.27 bits per heavy atom. The van der Waals surface area contributed by atoms with Gasteiger partial charge in [0.2, 0.25) is 0 Å². The van der Waals surface area contributed by atoms with Crippen molar-refractivity contribution in [3.8, 4) is 5.69 Å². The van der Waals surface area contributed by atoms with Gasteiger partial charge in [-0.1, -0.05) is 22.6 Å². The van der Waals surface area contributed by atoms with Gasteiger partial charge in [-0.05, 0) is 46.9 Å². The quantitative estimate of drug-likeness (QED) is 0.186. The molecule has 0 fully saturated rings. The highest BCUT2D eigenvalue weighted by Crippen LogP contribution is 2.34. The summed E-state index contributed by atoms with van der Waals surface area (Å²) < 4.78 is 26.5. The molecule has 0 radical (unpaired) electrons. The molecule has 0 bridgehead atoms. The van der Waals surface area contributed by atoms with Crippen LogP contribution in [-0.4, -0.2) is 46.6 Å². The Balaban J connectivity index is 1.71. The molecule has 2 aromatic carbocycles. The summed E-state index contributed by atoms with van der Waals surface area (Å²) in [7, 11) is -2.08. The number of aromatic nitrogens is 4. The number of nitro benzene ring substituents is 1. The zero-order valence-electron chi connectivity index (χ0n) is 17.2. The van der Waals surface area contributed by atoms with Gasteiger partial charge in [0.05, 0.1) is 33.6 Å². The molecule has 14 heteroatoms. The molecule has 2 aromatic heterocycles. The van der Waals surface area contributed by atoms with Crippen LogP contribution in [0.15, 0.2) is 52.3 Å². The van der Waals surface area contributed by atoms with Crippen LogP contribution in [0, 0.1) is 13.7 Å². The molecule has 0 saturated heterocycles. The maximum atomic E-state index is 12.7. The van der Waals surface area contributed by atoms with E-state index in [9.17, 15) is 23.3 Å². The van der Waals surface area contributed by atoms with Gasteiger partial charge in [-0.3, -0.25) is 14.9 Å². The highest BCUT2D eigenvalue weighted by Gasteiger charge is 2.23. The number of sulfone groups is 1. The molecule has 0 amide bonds. The fourth-order valence-corrected chi connectivity index (χ4v) is 5.26. The second-order valence-corrected chi connectivity index (χ2v) is 11.4. The van der Waals surface area contributed by atoms with E-state index in [0.29, 0.717) is 5.69 Å². The summed E-state index contributed by atoms with van der Waals surface area (Å²) in [5.74, 6) is 0. The second-order valence-electron chi connectivity index (χ2n) is 7.14. The molecule has 0 N–H and O–H groups in total. The van der Waals surface area contributed by atoms with Gasteiger partial charge in [0, 0.05) is 22.9 Å². The Hall–Kier alpha value is -2.98. The molecule has 0 spiro atoms. The van der Waals surface area contributed by atoms with Gasteiger partial charge >= 0.3 is 0 Å². The summed E-state index contributed by atoms with van der Waals surface area (Å²) in [5, 5.41) is 20.0. The Bertz CT molecular complexity index is 1570. The van der Waals surface area contributed by atoms with E-state index >= 15 is 0 Å². The minimum absolute atomic E-state index is 0.0526. The van der Waals surface area contributed by atoms with Crippen molar-refractivity contribution in [1.82, 2.24) is 20.0 Å². The van der Waals surface area contributed by atoms with E-state index in [1.807, 2.05) is 24.3 Å². The average Bonchev–Trinajstić information content (AvgIpc) is 3.20. The minimum Gasteiger partial charge on any atom is -0.345 e. The molecule has 0 saturated carbocycles. The Morgan fingerprint density at radius 3 is 2.70 bits per heavy atom. The summed E-state index contributed by atoms with van der Waals surface area (Å²) in [6, 6.07) is 9.79. The van der Waals surface area contributed by atoms with Crippen LogP contribution in [0.3, 0.4) is 0 Å². The van der Waals surface area contributed by atoms with E-state index in [0.717, 1.165) is 39.0 Å². The Labute approximate surface area is 204 Å². The summed E-state index contributed by atoms with van der Waals surface area (Å²) in [6.07, 6.45) is 2.66. The smallest absolute Gasteiger partial charge is 0.288 e. The van der Waals surface area contributed by atoms with Crippen molar-refractivity contribution in [1.29, 1.82) is 0 Å². The van der Waals surface area contributed by atoms with Crippen molar-refractivity contribution in [2.75, 3.05) is 18.2 Å². The van der Waals surface area contributed by atoms with E-state index < -0.39 is 26.0 Å². The summed E-state index contributed by atoms with van der Waals surface area (Å²) in [4.78, 5) is 28.9. The number of nitrogens with zero attached hydrogens (tertiary/aromatic N) is 6. The number of anilines is 1. The first-order valence-corrected chi connectivity index (χ1v) is 13.0. The van der Waals surface area contributed by atoms with Gasteiger partial charge in [-0.25, -0.2) is 13.1 Å².